The summed E-state index contributed by atoms with van der Waals surface area (Å²) in [5.41, 5.74) is 0.622. The van der Waals surface area contributed by atoms with Crippen molar-refractivity contribution in [2.75, 3.05) is 91.9 Å². The lowest BCUT2D eigenvalue weighted by Crippen LogP contribution is -2.58. The summed E-state index contributed by atoms with van der Waals surface area (Å²) in [4.78, 5) is 125. The Morgan fingerprint density at radius 1 is 0.877 bits per heavy atom. The van der Waals surface area contributed by atoms with Crippen LogP contribution in [-0.4, -0.2) is 184 Å². The first kappa shape index (κ1) is 66.9. The van der Waals surface area contributed by atoms with Crippen molar-refractivity contribution in [1.29, 1.82) is 0 Å². The van der Waals surface area contributed by atoms with Crippen LogP contribution in [0.4, 0.5) is 5.69 Å². The van der Waals surface area contributed by atoms with Crippen LogP contribution in [0.5, 0.6) is 5.75 Å². The minimum absolute atomic E-state index is 0.00600. The van der Waals surface area contributed by atoms with E-state index in [4.69, 9.17) is 28.4 Å². The highest BCUT2D eigenvalue weighted by atomic mass is 32.1. The molecule has 2 unspecified atom stereocenters. The molecule has 6 amide bonds. The number of amides is 6. The SMILES string of the molecule is CC[C@H](C)[C@H](NC(=O)[C@H]1CCCCN1C)C(=O)N(C)C(C[C@@H](OC(C)=O)c1nc(C(=O)N[C@@H](Cc2ccc3c(c2)NC(=O)CCOCCOCCNC(=O)C#CC(=O)NCCOCCOCCC(=O)O3)CC(C)C(=O)O)cs1)C(C)C. The predicted molar refractivity (Wildman–Crippen MR) is 298 cm³/mol. The van der Waals surface area contributed by atoms with Gasteiger partial charge in [0.2, 0.25) is 17.7 Å². The summed E-state index contributed by atoms with van der Waals surface area (Å²) in [5.74, 6) is -2.14. The fraction of sp³-hybridized carbons (Fsp3) is 0.643. The Morgan fingerprint density at radius 2 is 1.51 bits per heavy atom. The van der Waals surface area contributed by atoms with Gasteiger partial charge >= 0.3 is 17.9 Å². The highest BCUT2D eigenvalue weighted by Crippen LogP contribution is 2.32. The number of carboxylic acid groups (broad SMARTS) is 1. The number of carbonyl (C=O) groups is 9. The first-order valence-electron chi connectivity index (χ1n) is 27.6. The van der Waals surface area contributed by atoms with E-state index in [0.717, 1.165) is 30.7 Å². The summed E-state index contributed by atoms with van der Waals surface area (Å²) in [5, 5.41) is 25.6. The van der Waals surface area contributed by atoms with Crippen molar-refractivity contribution in [3.63, 3.8) is 0 Å². The lowest BCUT2D eigenvalue weighted by atomic mass is 9.92. The monoisotopic (exact) mass is 1150 g/mol. The van der Waals surface area contributed by atoms with Gasteiger partial charge in [0, 0.05) is 62.8 Å². The zero-order valence-corrected chi connectivity index (χ0v) is 48.7. The number of aromatic nitrogens is 1. The van der Waals surface area contributed by atoms with Crippen LogP contribution in [0.15, 0.2) is 23.6 Å². The molecular weight excluding hydrogens is 1070 g/mol. The zero-order chi connectivity index (χ0) is 59.4. The zero-order valence-electron chi connectivity index (χ0n) is 47.9. The number of benzene rings is 1. The molecule has 0 aliphatic carbocycles. The van der Waals surface area contributed by atoms with Crippen LogP contribution >= 0.6 is 11.3 Å². The van der Waals surface area contributed by atoms with Crippen LogP contribution in [0.3, 0.4) is 0 Å². The number of nitrogens with one attached hydrogen (secondary N) is 5. The second-order valence-electron chi connectivity index (χ2n) is 20.4. The highest BCUT2D eigenvalue weighted by molar-refractivity contribution is 7.09. The van der Waals surface area contributed by atoms with Crippen LogP contribution in [0.2, 0.25) is 0 Å². The quantitative estimate of drug-likeness (QED) is 0.0710. The van der Waals surface area contributed by atoms with Gasteiger partial charge in [0.05, 0.1) is 83.3 Å². The predicted octanol–water partition coefficient (Wildman–Crippen LogP) is 3.03. The van der Waals surface area contributed by atoms with E-state index >= 15 is 0 Å². The van der Waals surface area contributed by atoms with E-state index in [1.807, 2.05) is 39.6 Å². The van der Waals surface area contributed by atoms with Crippen molar-refractivity contribution < 1.29 is 76.7 Å². The third kappa shape index (κ3) is 23.8. The number of thiazole rings is 1. The van der Waals surface area contributed by atoms with E-state index in [1.165, 1.54) is 25.3 Å². The van der Waals surface area contributed by atoms with Gasteiger partial charge in [-0.25, -0.2) is 4.98 Å². The van der Waals surface area contributed by atoms with Crippen molar-refractivity contribution in [1.82, 2.24) is 36.1 Å². The third-order valence-corrected chi connectivity index (χ3v) is 14.6. The first-order valence-corrected chi connectivity index (χ1v) is 28.5. The second kappa shape index (κ2) is 35.3. The third-order valence-electron chi connectivity index (χ3n) is 13.7. The Balaban J connectivity index is 1.51. The molecule has 1 saturated heterocycles. The maximum atomic E-state index is 14.4. The van der Waals surface area contributed by atoms with Gasteiger partial charge in [-0.05, 0) is 68.8 Å². The molecule has 2 aliphatic heterocycles. The van der Waals surface area contributed by atoms with Crippen molar-refractivity contribution in [3.05, 3.63) is 39.8 Å². The van der Waals surface area contributed by atoms with Gasteiger partial charge in [-0.2, -0.15) is 0 Å². The summed E-state index contributed by atoms with van der Waals surface area (Å²) in [6, 6.07) is 2.21. The van der Waals surface area contributed by atoms with Crippen molar-refractivity contribution in [2.24, 2.45) is 17.8 Å². The van der Waals surface area contributed by atoms with Gasteiger partial charge < -0.3 is 65.0 Å². The second-order valence-corrected chi connectivity index (χ2v) is 21.3. The number of hydrogen-bond donors (Lipinski definition) is 6. The van der Waals surface area contributed by atoms with E-state index < -0.39 is 71.7 Å². The smallest absolute Gasteiger partial charge is 0.313 e. The topological polar surface area (TPSA) is 309 Å². The van der Waals surface area contributed by atoms with E-state index in [1.54, 1.807) is 24.1 Å². The number of nitrogens with zero attached hydrogens (tertiary/aromatic N) is 3. The number of rotatable bonds is 18. The summed E-state index contributed by atoms with van der Waals surface area (Å²) in [6.07, 6.45) is 2.17. The molecule has 3 heterocycles. The fourth-order valence-corrected chi connectivity index (χ4v) is 9.78. The maximum absolute atomic E-state index is 14.4. The van der Waals surface area contributed by atoms with Crippen LogP contribution in [0.25, 0.3) is 0 Å². The number of esters is 2. The Bertz CT molecular complexity index is 2500. The molecule has 6 N–H and O–H groups in total. The van der Waals surface area contributed by atoms with Gasteiger partial charge in [-0.1, -0.05) is 53.5 Å². The molecular formula is C56H82N8O16S. The average Bonchev–Trinajstić information content (AvgIpc) is 3.94. The molecule has 25 heteroatoms. The molecule has 448 valence electrons. The Morgan fingerprint density at radius 3 is 2.10 bits per heavy atom. The maximum Gasteiger partial charge on any atom is 0.313 e. The lowest BCUT2D eigenvalue weighted by Gasteiger charge is -2.38. The number of aliphatic carboxylic acids is 1. The number of likely N-dealkylation sites (tertiary alicyclic amines) is 1. The number of carboxylic acids is 1. The molecule has 81 heavy (non-hydrogen) atoms. The Hall–Kier alpha value is -6.56. The van der Waals surface area contributed by atoms with Crippen molar-refractivity contribution in [3.8, 4) is 17.6 Å². The van der Waals surface area contributed by atoms with Crippen LogP contribution in [0.1, 0.15) is 120 Å². The number of fused-ring (bicyclic) bond motifs is 1. The number of piperidine rings is 1. The summed E-state index contributed by atoms with van der Waals surface area (Å²) in [7, 11) is 3.59. The molecule has 1 fully saturated rings. The molecule has 0 saturated carbocycles. The molecule has 2 aromatic rings. The molecule has 0 spiro atoms. The largest absolute Gasteiger partial charge is 0.481 e. The Labute approximate surface area is 478 Å². The number of ether oxygens (including phenoxy) is 6. The minimum Gasteiger partial charge on any atom is -0.481 e. The number of carbonyl (C=O) groups excluding carboxylic acids is 8. The van der Waals surface area contributed by atoms with Crippen molar-refractivity contribution in [2.45, 2.75) is 130 Å². The van der Waals surface area contributed by atoms with Gasteiger partial charge in [0.15, 0.2) is 11.9 Å². The normalized spacial score (nSPS) is 19.5. The van der Waals surface area contributed by atoms with Gasteiger partial charge in [-0.15, -0.1) is 11.3 Å². The minimum atomic E-state index is -1.10. The summed E-state index contributed by atoms with van der Waals surface area (Å²) in [6.45, 7) is 12.4. The lowest BCUT2D eigenvalue weighted by molar-refractivity contribution is -0.149. The number of anilines is 1. The summed E-state index contributed by atoms with van der Waals surface area (Å²) >= 11 is 1.08. The van der Waals surface area contributed by atoms with E-state index in [9.17, 15) is 48.3 Å². The molecule has 2 aliphatic rings. The van der Waals surface area contributed by atoms with Gasteiger partial charge in [0.25, 0.3) is 17.7 Å². The fourth-order valence-electron chi connectivity index (χ4n) is 8.94. The Kier molecular flexibility index (Phi) is 29.2. The van der Waals surface area contributed by atoms with Crippen LogP contribution in [0, 0.1) is 29.6 Å². The molecule has 7 atom stereocenters. The molecule has 1 aromatic carbocycles. The summed E-state index contributed by atoms with van der Waals surface area (Å²) < 4.78 is 33.5. The molecule has 0 radical (unpaired) electrons. The molecule has 4 rings (SSSR count). The average molecular weight is 1160 g/mol. The molecule has 24 nitrogen and oxygen atoms in total. The highest BCUT2D eigenvalue weighted by Gasteiger charge is 2.37. The van der Waals surface area contributed by atoms with E-state index in [0.29, 0.717) is 23.4 Å². The van der Waals surface area contributed by atoms with Gasteiger partial charge in [-0.3, -0.25) is 48.1 Å². The first-order chi connectivity index (χ1) is 38.7. The molecule has 1 aromatic heterocycles. The number of hydrogen-bond acceptors (Lipinski definition) is 18. The van der Waals surface area contributed by atoms with Crippen LogP contribution < -0.4 is 31.3 Å². The van der Waals surface area contributed by atoms with Crippen molar-refractivity contribution >= 4 is 70.4 Å². The molecule has 0 bridgehead atoms. The standard InChI is InChI=1S/C56H82N8O16S/c1-9-36(4)51(62-53(71)43-12-10-11-21-63(43)7)55(72)64(8)44(35(2)3)33-46(79-38(6)65)54-61-42(34-81-54)52(70)59-40(30-37(5)56(73)74)31-39-13-14-45-41(32-39)60-49(68)17-22-75-26-28-77-24-19-57-47(66)15-16-48(67)58-20-25-78-29-27-76-23-18-50(69)80-45/h13-14,32,34-37,40,43-44,46,51H,9-12,17-31,33H2,1-8H3,(H,57,66)(H,58,67)(H,59,70)(H,60,68)(H,62,71)(H,73,74)/t36-,37?,40+,43+,44?,46+,51-/m0/s1. The van der Waals surface area contributed by atoms with Gasteiger partial charge in [0.1, 0.15) is 16.7 Å². The number of likely N-dealkylation sites (N-methyl/N-ethyl adjacent to an activating group) is 2. The van der Waals surface area contributed by atoms with E-state index in [-0.39, 0.29) is 145 Å². The van der Waals surface area contributed by atoms with E-state index in [2.05, 4.69) is 43.4 Å². The van der Waals surface area contributed by atoms with Crippen LogP contribution in [-0.2, 0) is 68.5 Å².